The largest absolute Gasteiger partial charge is 1.00 e. The molecule has 5 heteroatoms. The van der Waals surface area contributed by atoms with Gasteiger partial charge in [0.15, 0.2) is 0 Å². The maximum atomic E-state index is 2.34. The zero-order chi connectivity index (χ0) is 14.7. The second-order valence-corrected chi connectivity index (χ2v) is 7.68. The highest BCUT2D eigenvalue weighted by atomic mass is 127. The first-order valence-corrected chi connectivity index (χ1v) is 9.00. The van der Waals surface area contributed by atoms with Crippen molar-refractivity contribution in [1.29, 1.82) is 0 Å². The Bertz CT molecular complexity index is 571. The van der Waals surface area contributed by atoms with Crippen LogP contribution in [0.4, 0.5) is 0 Å². The standard InChI is InChI=1S/C17H16I2N2.BrH/c18-16-5-1-14(2-6-16)11-20-9-10-21(13-20)12-15-3-7-17(19)8-4-15;/h1-10H,11-13H2;1H/p-1. The Morgan fingerprint density at radius 1 is 0.682 bits per heavy atom. The van der Waals surface area contributed by atoms with Crippen molar-refractivity contribution in [3.8, 4) is 0 Å². The number of hydrogen-bond donors (Lipinski definition) is 0. The summed E-state index contributed by atoms with van der Waals surface area (Å²) in [7, 11) is 0. The topological polar surface area (TPSA) is 6.48 Å². The lowest BCUT2D eigenvalue weighted by molar-refractivity contribution is -0.00000394. The Balaban J connectivity index is 0.00000176. The van der Waals surface area contributed by atoms with Crippen LogP contribution in [0.5, 0.6) is 0 Å². The first-order chi connectivity index (χ1) is 10.2. The van der Waals surface area contributed by atoms with Crippen LogP contribution in [-0.2, 0) is 13.1 Å². The summed E-state index contributed by atoms with van der Waals surface area (Å²) in [5.74, 6) is 0. The Labute approximate surface area is 169 Å². The number of nitrogens with zero attached hydrogens (tertiary/aromatic N) is 2. The van der Waals surface area contributed by atoms with Crippen molar-refractivity contribution in [2.24, 2.45) is 0 Å². The third kappa shape index (κ3) is 5.13. The molecule has 1 aliphatic rings. The van der Waals surface area contributed by atoms with Gasteiger partial charge in [0.05, 0.1) is 6.67 Å². The van der Waals surface area contributed by atoms with Crippen LogP contribution in [-0.4, -0.2) is 16.5 Å². The molecule has 0 atom stereocenters. The van der Waals surface area contributed by atoms with Gasteiger partial charge in [0, 0.05) is 32.6 Å². The number of halogens is 3. The van der Waals surface area contributed by atoms with Gasteiger partial charge in [-0.1, -0.05) is 24.3 Å². The van der Waals surface area contributed by atoms with Gasteiger partial charge in [-0.2, -0.15) is 0 Å². The molecule has 2 aromatic rings. The molecule has 0 unspecified atom stereocenters. The number of hydrogen-bond acceptors (Lipinski definition) is 2. The average molecular weight is 582 g/mol. The molecule has 3 rings (SSSR count). The fourth-order valence-corrected chi connectivity index (χ4v) is 3.09. The molecule has 0 aromatic heterocycles. The van der Waals surface area contributed by atoms with Gasteiger partial charge in [0.2, 0.25) is 0 Å². The van der Waals surface area contributed by atoms with Crippen molar-refractivity contribution in [1.82, 2.24) is 9.80 Å². The summed E-state index contributed by atoms with van der Waals surface area (Å²) in [6, 6.07) is 17.5. The van der Waals surface area contributed by atoms with Crippen molar-refractivity contribution < 1.29 is 17.0 Å². The lowest BCUT2D eigenvalue weighted by atomic mass is 10.2. The maximum Gasteiger partial charge on any atom is 0.0900 e. The van der Waals surface area contributed by atoms with E-state index in [1.54, 1.807) is 0 Å². The van der Waals surface area contributed by atoms with E-state index in [1.807, 2.05) is 0 Å². The molecule has 0 saturated heterocycles. The minimum atomic E-state index is 0. The first-order valence-electron chi connectivity index (χ1n) is 6.84. The van der Waals surface area contributed by atoms with E-state index in [-0.39, 0.29) is 17.0 Å². The monoisotopic (exact) mass is 581 g/mol. The van der Waals surface area contributed by atoms with Crippen molar-refractivity contribution in [2.75, 3.05) is 6.67 Å². The number of rotatable bonds is 4. The molecular formula is C17H16BrI2N2-. The highest BCUT2D eigenvalue weighted by Crippen LogP contribution is 2.16. The molecule has 22 heavy (non-hydrogen) atoms. The van der Waals surface area contributed by atoms with E-state index in [0.717, 1.165) is 19.8 Å². The Kier molecular flexibility index (Phi) is 7.01. The molecule has 1 aliphatic heterocycles. The predicted octanol–water partition coefficient (Wildman–Crippen LogP) is 1.65. The lowest BCUT2D eigenvalue weighted by Crippen LogP contribution is -3.00. The molecule has 0 amide bonds. The van der Waals surface area contributed by atoms with Crippen molar-refractivity contribution in [3.05, 3.63) is 79.2 Å². The second kappa shape index (κ2) is 8.54. The summed E-state index contributed by atoms with van der Waals surface area (Å²) in [6.07, 6.45) is 4.37. The average Bonchev–Trinajstić information content (AvgIpc) is 2.91. The van der Waals surface area contributed by atoms with Crippen LogP contribution >= 0.6 is 45.2 Å². The van der Waals surface area contributed by atoms with Crippen LogP contribution in [0.15, 0.2) is 60.9 Å². The Morgan fingerprint density at radius 3 is 1.41 bits per heavy atom. The molecule has 116 valence electrons. The third-order valence-corrected chi connectivity index (χ3v) is 4.89. The highest BCUT2D eigenvalue weighted by Gasteiger charge is 2.12. The fourth-order valence-electron chi connectivity index (χ4n) is 2.37. The SMILES string of the molecule is Ic1ccc(CN2C=CN(Cc3ccc(I)cc3)C2)cc1.[Br-]. The number of benzene rings is 2. The van der Waals surface area contributed by atoms with E-state index in [2.05, 4.69) is 116 Å². The van der Waals surface area contributed by atoms with Gasteiger partial charge in [-0.05, 0) is 80.6 Å². The molecule has 0 saturated carbocycles. The van der Waals surface area contributed by atoms with Crippen LogP contribution < -0.4 is 17.0 Å². The van der Waals surface area contributed by atoms with Crippen LogP contribution in [0.25, 0.3) is 0 Å². The molecule has 1 heterocycles. The molecule has 2 aromatic carbocycles. The molecule has 0 spiro atoms. The summed E-state index contributed by atoms with van der Waals surface area (Å²) >= 11 is 4.69. The summed E-state index contributed by atoms with van der Waals surface area (Å²) < 4.78 is 2.57. The molecule has 0 bridgehead atoms. The molecule has 0 fully saturated rings. The summed E-state index contributed by atoms with van der Waals surface area (Å²) in [5, 5.41) is 0. The van der Waals surface area contributed by atoms with Crippen molar-refractivity contribution in [2.45, 2.75) is 13.1 Å². The van der Waals surface area contributed by atoms with Gasteiger partial charge in [0.1, 0.15) is 0 Å². The highest BCUT2D eigenvalue weighted by molar-refractivity contribution is 14.1. The molecule has 2 nitrogen and oxygen atoms in total. The van der Waals surface area contributed by atoms with Gasteiger partial charge < -0.3 is 26.8 Å². The fraction of sp³-hybridized carbons (Fsp3) is 0.176. The second-order valence-electron chi connectivity index (χ2n) is 5.19. The minimum Gasteiger partial charge on any atom is -1.00 e. The summed E-state index contributed by atoms with van der Waals surface area (Å²) in [4.78, 5) is 4.68. The smallest absolute Gasteiger partial charge is 0.0900 e. The quantitative estimate of drug-likeness (QED) is 0.507. The maximum absolute atomic E-state index is 2.34. The van der Waals surface area contributed by atoms with E-state index in [4.69, 9.17) is 0 Å². The third-order valence-electron chi connectivity index (χ3n) is 3.45. The molecule has 0 radical (unpaired) electrons. The van der Waals surface area contributed by atoms with Gasteiger partial charge in [-0.25, -0.2) is 0 Å². The Morgan fingerprint density at radius 2 is 1.05 bits per heavy atom. The molecule has 0 N–H and O–H groups in total. The summed E-state index contributed by atoms with van der Waals surface area (Å²) in [6.45, 7) is 2.89. The summed E-state index contributed by atoms with van der Waals surface area (Å²) in [5.41, 5.74) is 2.72. The van der Waals surface area contributed by atoms with Gasteiger partial charge in [0.25, 0.3) is 0 Å². The first kappa shape index (κ1) is 18.1. The van der Waals surface area contributed by atoms with Crippen LogP contribution in [0.3, 0.4) is 0 Å². The molecular weight excluding hydrogens is 566 g/mol. The minimum absolute atomic E-state index is 0. The van der Waals surface area contributed by atoms with Crippen molar-refractivity contribution in [3.63, 3.8) is 0 Å². The predicted molar refractivity (Wildman–Crippen MR) is 103 cm³/mol. The van der Waals surface area contributed by atoms with Crippen LogP contribution in [0.1, 0.15) is 11.1 Å². The van der Waals surface area contributed by atoms with Crippen LogP contribution in [0, 0.1) is 7.14 Å². The molecule has 0 aliphatic carbocycles. The van der Waals surface area contributed by atoms with Gasteiger partial charge in [-0.15, -0.1) is 0 Å². The van der Waals surface area contributed by atoms with E-state index in [0.29, 0.717) is 0 Å². The van der Waals surface area contributed by atoms with Crippen molar-refractivity contribution >= 4 is 45.2 Å². The van der Waals surface area contributed by atoms with E-state index in [9.17, 15) is 0 Å². The normalized spacial score (nSPS) is 13.4. The van der Waals surface area contributed by atoms with E-state index < -0.39 is 0 Å². The zero-order valence-electron chi connectivity index (χ0n) is 11.9. The van der Waals surface area contributed by atoms with E-state index in [1.165, 1.54) is 18.3 Å². The van der Waals surface area contributed by atoms with Gasteiger partial charge in [-0.3, -0.25) is 0 Å². The zero-order valence-corrected chi connectivity index (χ0v) is 17.8. The van der Waals surface area contributed by atoms with E-state index >= 15 is 0 Å². The van der Waals surface area contributed by atoms with Crippen LogP contribution in [0.2, 0.25) is 0 Å². The lowest BCUT2D eigenvalue weighted by Gasteiger charge is -2.21. The Hall–Kier alpha value is -0.280. The van der Waals surface area contributed by atoms with Gasteiger partial charge >= 0.3 is 0 Å².